The Morgan fingerprint density at radius 1 is 1.15 bits per heavy atom. The van der Waals surface area contributed by atoms with Crippen molar-refractivity contribution in [1.29, 1.82) is 0 Å². The predicted molar refractivity (Wildman–Crippen MR) is 79.7 cm³/mol. The molecule has 2 N–H and O–H groups in total. The Balaban J connectivity index is 2.48. The molecule has 0 saturated carbocycles. The SMILES string of the molecule is CCOc1cc2nccc(NCCO)c2cc1OCC. The predicted octanol–water partition coefficient (Wildman–Crippen LogP) is 2.44. The molecule has 0 bridgehead atoms. The second-order valence-corrected chi connectivity index (χ2v) is 4.19. The summed E-state index contributed by atoms with van der Waals surface area (Å²) in [4.78, 5) is 4.36. The van der Waals surface area contributed by atoms with Crippen LogP contribution in [0.25, 0.3) is 10.9 Å². The monoisotopic (exact) mass is 276 g/mol. The third-order valence-electron chi connectivity index (χ3n) is 2.83. The van der Waals surface area contributed by atoms with Crippen LogP contribution in [0.5, 0.6) is 11.5 Å². The Bertz CT molecular complexity index is 572. The molecule has 5 heteroatoms. The van der Waals surface area contributed by atoms with Crippen molar-refractivity contribution in [3.63, 3.8) is 0 Å². The first kappa shape index (κ1) is 14.4. The lowest BCUT2D eigenvalue weighted by Crippen LogP contribution is -2.06. The third-order valence-corrected chi connectivity index (χ3v) is 2.83. The van der Waals surface area contributed by atoms with Crippen molar-refractivity contribution in [3.05, 3.63) is 24.4 Å². The Morgan fingerprint density at radius 3 is 2.50 bits per heavy atom. The van der Waals surface area contributed by atoms with E-state index in [2.05, 4.69) is 10.3 Å². The summed E-state index contributed by atoms with van der Waals surface area (Å²) >= 11 is 0. The van der Waals surface area contributed by atoms with Gasteiger partial charge in [0.25, 0.3) is 0 Å². The van der Waals surface area contributed by atoms with E-state index in [-0.39, 0.29) is 6.61 Å². The van der Waals surface area contributed by atoms with Crippen molar-refractivity contribution in [2.75, 3.05) is 31.7 Å². The van der Waals surface area contributed by atoms with Crippen LogP contribution in [0.15, 0.2) is 24.4 Å². The van der Waals surface area contributed by atoms with Crippen LogP contribution in [0.2, 0.25) is 0 Å². The molecule has 0 fully saturated rings. The number of aliphatic hydroxyl groups excluding tert-OH is 1. The summed E-state index contributed by atoms with van der Waals surface area (Å²) in [5, 5.41) is 13.1. The van der Waals surface area contributed by atoms with Crippen LogP contribution in [0.3, 0.4) is 0 Å². The van der Waals surface area contributed by atoms with E-state index < -0.39 is 0 Å². The standard InChI is InChI=1S/C15H20N2O3/c1-3-19-14-9-11-12(17-7-8-18)5-6-16-13(11)10-15(14)20-4-2/h5-6,9-10,18H,3-4,7-8H2,1-2H3,(H,16,17). The zero-order valence-corrected chi connectivity index (χ0v) is 11.8. The highest BCUT2D eigenvalue weighted by Crippen LogP contribution is 2.34. The highest BCUT2D eigenvalue weighted by Gasteiger charge is 2.10. The van der Waals surface area contributed by atoms with Crippen LogP contribution in [-0.4, -0.2) is 36.5 Å². The number of nitrogens with one attached hydrogen (secondary N) is 1. The molecular formula is C15H20N2O3. The maximum atomic E-state index is 8.93. The minimum atomic E-state index is 0.0825. The van der Waals surface area contributed by atoms with E-state index in [1.165, 1.54) is 0 Å². The van der Waals surface area contributed by atoms with Gasteiger partial charge in [-0.15, -0.1) is 0 Å². The normalized spacial score (nSPS) is 10.6. The Morgan fingerprint density at radius 2 is 1.85 bits per heavy atom. The van der Waals surface area contributed by atoms with Gasteiger partial charge < -0.3 is 19.9 Å². The molecule has 0 aliphatic rings. The number of aliphatic hydroxyl groups is 1. The van der Waals surface area contributed by atoms with Crippen molar-refractivity contribution in [1.82, 2.24) is 4.98 Å². The summed E-state index contributed by atoms with van der Waals surface area (Å²) in [6.45, 7) is 5.61. The molecule has 1 aromatic heterocycles. The van der Waals surface area contributed by atoms with Crippen molar-refractivity contribution in [3.8, 4) is 11.5 Å². The van der Waals surface area contributed by atoms with Crippen LogP contribution in [0.4, 0.5) is 5.69 Å². The minimum Gasteiger partial charge on any atom is -0.490 e. The Hall–Kier alpha value is -2.01. The molecular weight excluding hydrogens is 256 g/mol. The third kappa shape index (κ3) is 3.11. The summed E-state index contributed by atoms with van der Waals surface area (Å²) in [5.74, 6) is 1.41. The number of hydrogen-bond acceptors (Lipinski definition) is 5. The van der Waals surface area contributed by atoms with Gasteiger partial charge in [-0.1, -0.05) is 0 Å². The second kappa shape index (κ2) is 6.96. The fourth-order valence-electron chi connectivity index (χ4n) is 2.03. The molecule has 0 atom stereocenters. The van der Waals surface area contributed by atoms with Gasteiger partial charge in [0.1, 0.15) is 0 Å². The van der Waals surface area contributed by atoms with E-state index in [0.29, 0.717) is 31.3 Å². The van der Waals surface area contributed by atoms with Crippen LogP contribution < -0.4 is 14.8 Å². The number of rotatable bonds is 7. The number of benzene rings is 1. The van der Waals surface area contributed by atoms with Crippen molar-refractivity contribution in [2.24, 2.45) is 0 Å². The van der Waals surface area contributed by atoms with Gasteiger partial charge in [0.05, 0.1) is 25.3 Å². The summed E-state index contributed by atoms with van der Waals surface area (Å²) in [6, 6.07) is 5.69. The Labute approximate surface area is 118 Å². The minimum absolute atomic E-state index is 0.0825. The van der Waals surface area contributed by atoms with Gasteiger partial charge >= 0.3 is 0 Å². The number of anilines is 1. The fraction of sp³-hybridized carbons (Fsp3) is 0.400. The van der Waals surface area contributed by atoms with Crippen LogP contribution in [0, 0.1) is 0 Å². The van der Waals surface area contributed by atoms with Crippen LogP contribution >= 0.6 is 0 Å². The van der Waals surface area contributed by atoms with Gasteiger partial charge in [-0.25, -0.2) is 0 Å². The number of ether oxygens (including phenoxy) is 2. The molecule has 20 heavy (non-hydrogen) atoms. The van der Waals surface area contributed by atoms with Crippen molar-refractivity contribution < 1.29 is 14.6 Å². The number of fused-ring (bicyclic) bond motifs is 1. The molecule has 0 amide bonds. The van der Waals surface area contributed by atoms with Gasteiger partial charge in [0.15, 0.2) is 11.5 Å². The summed E-state index contributed by atoms with van der Waals surface area (Å²) in [5.41, 5.74) is 1.76. The molecule has 0 spiro atoms. The quantitative estimate of drug-likeness (QED) is 0.813. The molecule has 0 saturated heterocycles. The highest BCUT2D eigenvalue weighted by molar-refractivity contribution is 5.93. The molecule has 2 rings (SSSR count). The van der Waals surface area contributed by atoms with Gasteiger partial charge in [-0.2, -0.15) is 0 Å². The van der Waals surface area contributed by atoms with E-state index in [1.54, 1.807) is 6.20 Å². The topological polar surface area (TPSA) is 63.6 Å². The average molecular weight is 276 g/mol. The highest BCUT2D eigenvalue weighted by atomic mass is 16.5. The first-order chi connectivity index (χ1) is 9.80. The molecule has 1 heterocycles. The summed E-state index contributed by atoms with van der Waals surface area (Å²) < 4.78 is 11.2. The summed E-state index contributed by atoms with van der Waals surface area (Å²) in [6.07, 6.45) is 1.73. The number of aromatic nitrogens is 1. The molecule has 0 radical (unpaired) electrons. The number of pyridine rings is 1. The lowest BCUT2D eigenvalue weighted by atomic mass is 10.1. The molecule has 5 nitrogen and oxygen atoms in total. The number of nitrogens with zero attached hydrogens (tertiary/aromatic N) is 1. The van der Waals surface area contributed by atoms with E-state index >= 15 is 0 Å². The zero-order chi connectivity index (χ0) is 14.4. The second-order valence-electron chi connectivity index (χ2n) is 4.19. The zero-order valence-electron chi connectivity index (χ0n) is 11.8. The van der Waals surface area contributed by atoms with Gasteiger partial charge in [0, 0.05) is 29.9 Å². The first-order valence-corrected chi connectivity index (χ1v) is 6.83. The maximum Gasteiger partial charge on any atom is 0.163 e. The largest absolute Gasteiger partial charge is 0.490 e. The Kier molecular flexibility index (Phi) is 5.01. The van der Waals surface area contributed by atoms with Crippen molar-refractivity contribution >= 4 is 16.6 Å². The van der Waals surface area contributed by atoms with Crippen LogP contribution in [-0.2, 0) is 0 Å². The lowest BCUT2D eigenvalue weighted by molar-refractivity contribution is 0.288. The lowest BCUT2D eigenvalue weighted by Gasteiger charge is -2.14. The average Bonchev–Trinajstić information content (AvgIpc) is 2.46. The van der Waals surface area contributed by atoms with Crippen molar-refractivity contribution in [2.45, 2.75) is 13.8 Å². The van der Waals surface area contributed by atoms with Crippen LogP contribution in [0.1, 0.15) is 13.8 Å². The smallest absolute Gasteiger partial charge is 0.163 e. The molecule has 0 aliphatic heterocycles. The molecule has 0 aliphatic carbocycles. The van der Waals surface area contributed by atoms with E-state index in [1.807, 2.05) is 32.0 Å². The summed E-state index contributed by atoms with van der Waals surface area (Å²) in [7, 11) is 0. The molecule has 2 aromatic rings. The van der Waals surface area contributed by atoms with Gasteiger partial charge in [0.2, 0.25) is 0 Å². The van der Waals surface area contributed by atoms with Gasteiger partial charge in [-0.3, -0.25) is 4.98 Å². The maximum absolute atomic E-state index is 8.93. The van der Waals surface area contributed by atoms with E-state index in [4.69, 9.17) is 14.6 Å². The molecule has 108 valence electrons. The molecule has 0 unspecified atom stereocenters. The molecule has 1 aromatic carbocycles. The number of hydrogen-bond donors (Lipinski definition) is 2. The van der Waals surface area contributed by atoms with E-state index in [9.17, 15) is 0 Å². The van der Waals surface area contributed by atoms with Gasteiger partial charge in [-0.05, 0) is 26.0 Å². The fourth-order valence-corrected chi connectivity index (χ4v) is 2.03. The van der Waals surface area contributed by atoms with E-state index in [0.717, 1.165) is 16.6 Å². The first-order valence-electron chi connectivity index (χ1n) is 6.83.